The maximum atomic E-state index is 13.2. The average Bonchev–Trinajstić information content (AvgIpc) is 3.18. The summed E-state index contributed by atoms with van der Waals surface area (Å²) in [6.45, 7) is -0.176. The van der Waals surface area contributed by atoms with Crippen LogP contribution < -0.4 is 15.5 Å². The Morgan fingerprint density at radius 2 is 1.86 bits per heavy atom. The molecule has 1 heterocycles. The zero-order valence-corrected chi connectivity index (χ0v) is 20.2. The summed E-state index contributed by atoms with van der Waals surface area (Å²) in [6, 6.07) is 18.0. The van der Waals surface area contributed by atoms with E-state index >= 15 is 0 Å². The van der Waals surface area contributed by atoms with E-state index in [1.807, 2.05) is 0 Å². The van der Waals surface area contributed by atoms with E-state index in [-0.39, 0.29) is 24.7 Å². The number of nitrogens with zero attached hydrogens (tertiary/aromatic N) is 2. The minimum atomic E-state index is -0.711. The number of carbonyl (C=O) groups excluding carboxylic acids is 2. The topological polar surface area (TPSA) is 114 Å². The van der Waals surface area contributed by atoms with Crippen LogP contribution in [-0.2, 0) is 9.59 Å². The van der Waals surface area contributed by atoms with Crippen molar-refractivity contribution < 1.29 is 23.6 Å². The van der Waals surface area contributed by atoms with E-state index in [0.717, 1.165) is 5.01 Å². The summed E-state index contributed by atoms with van der Waals surface area (Å²) in [7, 11) is 0. The number of rotatable bonds is 9. The molecule has 0 spiro atoms. The predicted molar refractivity (Wildman–Crippen MR) is 134 cm³/mol. The van der Waals surface area contributed by atoms with Crippen molar-refractivity contribution in [2.75, 3.05) is 18.5 Å². The highest BCUT2D eigenvalue weighted by Crippen LogP contribution is 2.42. The minimum Gasteiger partial charge on any atom is -0.484 e. The third kappa shape index (κ3) is 6.23. The summed E-state index contributed by atoms with van der Waals surface area (Å²) < 4.78 is 18.6. The van der Waals surface area contributed by atoms with Gasteiger partial charge < -0.3 is 10.1 Å². The van der Waals surface area contributed by atoms with Crippen molar-refractivity contribution in [1.82, 2.24) is 10.4 Å². The summed E-state index contributed by atoms with van der Waals surface area (Å²) in [5.41, 5.74) is 3.53. The molecule has 0 radical (unpaired) electrons. The number of benzene rings is 3. The van der Waals surface area contributed by atoms with E-state index in [9.17, 15) is 24.1 Å². The number of nitro benzene ring substituents is 1. The summed E-state index contributed by atoms with van der Waals surface area (Å²) in [4.78, 5) is 36.6. The van der Waals surface area contributed by atoms with Gasteiger partial charge in [-0.25, -0.2) is 9.40 Å². The number of ether oxygens (including phenoxy) is 1. The van der Waals surface area contributed by atoms with Gasteiger partial charge in [-0.15, -0.1) is 11.8 Å². The lowest BCUT2D eigenvalue weighted by Crippen LogP contribution is -2.48. The van der Waals surface area contributed by atoms with Gasteiger partial charge in [0.2, 0.25) is 0 Å². The predicted octanol–water partition coefficient (Wildman–Crippen LogP) is 4.55. The quantitative estimate of drug-likeness (QED) is 0.308. The number of amides is 2. The highest BCUT2D eigenvalue weighted by atomic mass is 35.5. The average molecular weight is 531 g/mol. The minimum absolute atomic E-state index is 0.134. The molecule has 4 rings (SSSR count). The van der Waals surface area contributed by atoms with Gasteiger partial charge in [-0.2, -0.15) is 0 Å². The molecule has 0 aliphatic carbocycles. The van der Waals surface area contributed by atoms with E-state index in [1.54, 1.807) is 42.5 Å². The van der Waals surface area contributed by atoms with Crippen LogP contribution in [0.1, 0.15) is 10.9 Å². The van der Waals surface area contributed by atoms with Crippen LogP contribution >= 0.6 is 23.4 Å². The molecule has 2 N–H and O–H groups in total. The molecule has 186 valence electrons. The van der Waals surface area contributed by atoms with E-state index in [0.29, 0.717) is 22.0 Å². The number of halogens is 2. The molecule has 1 aliphatic heterocycles. The smallest absolute Gasteiger partial charge is 0.276 e. The summed E-state index contributed by atoms with van der Waals surface area (Å²) in [6.07, 6.45) is 0. The van der Waals surface area contributed by atoms with Gasteiger partial charge in [-0.1, -0.05) is 23.7 Å². The number of hydrogen-bond donors (Lipinski definition) is 2. The number of non-ortho nitro benzene ring substituents is 1. The third-order valence-electron chi connectivity index (χ3n) is 5.17. The van der Waals surface area contributed by atoms with Crippen molar-refractivity contribution in [3.05, 3.63) is 99.3 Å². The number of nitro groups is 1. The summed E-state index contributed by atoms with van der Waals surface area (Å²) in [5.74, 6) is -0.937. The van der Waals surface area contributed by atoms with Gasteiger partial charge in [0.25, 0.3) is 17.5 Å². The van der Waals surface area contributed by atoms with Crippen molar-refractivity contribution >= 4 is 46.6 Å². The van der Waals surface area contributed by atoms with Crippen molar-refractivity contribution in [2.24, 2.45) is 0 Å². The van der Waals surface area contributed by atoms with Crippen molar-refractivity contribution in [3.63, 3.8) is 0 Å². The van der Waals surface area contributed by atoms with Gasteiger partial charge >= 0.3 is 0 Å². The van der Waals surface area contributed by atoms with E-state index < -0.39 is 27.4 Å². The van der Waals surface area contributed by atoms with Crippen LogP contribution in [0.25, 0.3) is 0 Å². The molecule has 2 amide bonds. The van der Waals surface area contributed by atoms with Crippen LogP contribution in [0, 0.1) is 15.9 Å². The SMILES string of the molecule is O=C(COc1ccc(Cl)cc1)NN1C(=O)C(CNc2ccc(F)cc2)SC1c1cccc([N+](=O)[O-])c1. The molecule has 0 bridgehead atoms. The number of nitrogens with one attached hydrogen (secondary N) is 2. The van der Waals surface area contributed by atoms with Gasteiger partial charge in [0, 0.05) is 29.4 Å². The largest absolute Gasteiger partial charge is 0.484 e. The number of hydrogen-bond acceptors (Lipinski definition) is 7. The van der Waals surface area contributed by atoms with E-state index in [2.05, 4.69) is 10.7 Å². The molecule has 1 fully saturated rings. The molecule has 1 saturated heterocycles. The fourth-order valence-electron chi connectivity index (χ4n) is 3.44. The monoisotopic (exact) mass is 530 g/mol. The number of anilines is 1. The second kappa shape index (κ2) is 11.3. The van der Waals surface area contributed by atoms with Gasteiger partial charge in [0.05, 0.1) is 4.92 Å². The molecule has 2 unspecified atom stereocenters. The van der Waals surface area contributed by atoms with Gasteiger partial charge in [-0.05, 0) is 54.1 Å². The zero-order chi connectivity index (χ0) is 25.7. The molecule has 0 saturated carbocycles. The normalized spacial score (nSPS) is 17.1. The molecular formula is C24H20ClFN4O5S. The van der Waals surface area contributed by atoms with Gasteiger partial charge in [0.1, 0.15) is 22.2 Å². The van der Waals surface area contributed by atoms with Crippen LogP contribution in [0.5, 0.6) is 5.75 Å². The fraction of sp³-hybridized carbons (Fsp3) is 0.167. The van der Waals surface area contributed by atoms with Gasteiger partial charge in [-0.3, -0.25) is 25.1 Å². The maximum Gasteiger partial charge on any atom is 0.276 e. The Morgan fingerprint density at radius 1 is 1.14 bits per heavy atom. The number of carbonyl (C=O) groups is 2. The van der Waals surface area contributed by atoms with Crippen LogP contribution in [0.3, 0.4) is 0 Å². The lowest BCUT2D eigenvalue weighted by Gasteiger charge is -2.24. The van der Waals surface area contributed by atoms with Crippen molar-refractivity contribution in [1.29, 1.82) is 0 Å². The first-order chi connectivity index (χ1) is 17.3. The Bertz CT molecular complexity index is 1260. The third-order valence-corrected chi connectivity index (χ3v) is 6.86. The second-order valence-corrected chi connectivity index (χ2v) is 9.43. The Kier molecular flexibility index (Phi) is 7.91. The van der Waals surface area contributed by atoms with Crippen LogP contribution in [0.4, 0.5) is 15.8 Å². The first kappa shape index (κ1) is 25.3. The maximum absolute atomic E-state index is 13.2. The molecule has 9 nitrogen and oxygen atoms in total. The second-order valence-electron chi connectivity index (χ2n) is 7.70. The lowest BCUT2D eigenvalue weighted by atomic mass is 10.2. The van der Waals surface area contributed by atoms with Crippen molar-refractivity contribution in [2.45, 2.75) is 10.6 Å². The number of hydrazine groups is 1. The molecular weight excluding hydrogens is 511 g/mol. The van der Waals surface area contributed by atoms with Crippen molar-refractivity contribution in [3.8, 4) is 5.75 Å². The van der Waals surface area contributed by atoms with Gasteiger partial charge in [0.15, 0.2) is 6.61 Å². The first-order valence-corrected chi connectivity index (χ1v) is 12.0. The summed E-state index contributed by atoms with van der Waals surface area (Å²) >= 11 is 7.08. The Morgan fingerprint density at radius 3 is 2.56 bits per heavy atom. The van der Waals surface area contributed by atoms with E-state index in [4.69, 9.17) is 16.3 Å². The highest BCUT2D eigenvalue weighted by molar-refractivity contribution is 8.01. The van der Waals surface area contributed by atoms with E-state index in [1.165, 1.54) is 42.1 Å². The molecule has 3 aromatic carbocycles. The van der Waals surface area contributed by atoms with Crippen LogP contribution in [0.15, 0.2) is 72.8 Å². The Labute approximate surface area is 214 Å². The molecule has 0 aromatic heterocycles. The standard InChI is InChI=1S/C24H20ClFN4O5S/c25-16-4-10-20(11-5-16)35-14-22(31)28-29-23(32)21(13-27-18-8-6-17(26)7-9-18)36-24(29)15-2-1-3-19(12-15)30(33)34/h1-12,21,24,27H,13-14H2,(H,28,31). The summed E-state index contributed by atoms with van der Waals surface area (Å²) in [5, 5.41) is 14.7. The fourth-order valence-corrected chi connectivity index (χ4v) is 4.87. The Hall–Kier alpha value is -3.83. The molecule has 36 heavy (non-hydrogen) atoms. The van der Waals surface area contributed by atoms with Crippen LogP contribution in [-0.4, -0.2) is 40.1 Å². The molecule has 2 atom stereocenters. The Balaban J connectivity index is 1.49. The lowest BCUT2D eigenvalue weighted by molar-refractivity contribution is -0.384. The first-order valence-electron chi connectivity index (χ1n) is 10.7. The highest BCUT2D eigenvalue weighted by Gasteiger charge is 2.42. The molecule has 3 aromatic rings. The number of thioether (sulfide) groups is 1. The van der Waals surface area contributed by atoms with Crippen LogP contribution in [0.2, 0.25) is 5.02 Å². The molecule has 12 heteroatoms. The molecule has 1 aliphatic rings. The zero-order valence-electron chi connectivity index (χ0n) is 18.6.